The van der Waals surface area contributed by atoms with Crippen LogP contribution in [0, 0.1) is 46.3 Å². The topological polar surface area (TPSA) is 105 Å². The Hall–Kier alpha value is -2.12. The monoisotopic (exact) mass is 548 g/mol. The van der Waals surface area contributed by atoms with Crippen molar-refractivity contribution >= 4 is 23.9 Å². The number of carbonyl (C=O) groups excluding carboxylic acids is 4. The third-order valence-electron chi connectivity index (χ3n) is 11.4. The van der Waals surface area contributed by atoms with Crippen LogP contribution in [0.1, 0.15) is 99.3 Å². The van der Waals surface area contributed by atoms with Crippen molar-refractivity contribution in [3.05, 3.63) is 0 Å². The zero-order valence-corrected chi connectivity index (χ0v) is 24.8. The Bertz CT molecular complexity index is 962. The van der Waals surface area contributed by atoms with E-state index < -0.39 is 0 Å². The summed E-state index contributed by atoms with van der Waals surface area (Å²) in [5.41, 5.74) is -0.300. The molecule has 0 bridgehead atoms. The van der Waals surface area contributed by atoms with Gasteiger partial charge in [-0.1, -0.05) is 20.8 Å². The molecule has 4 rings (SSSR count). The van der Waals surface area contributed by atoms with Crippen molar-refractivity contribution in [3.8, 4) is 0 Å². The minimum absolute atomic E-state index is 0.0215. The lowest BCUT2D eigenvalue weighted by Gasteiger charge is -2.64. The number of methoxy groups -OCH3 is 1. The zero-order chi connectivity index (χ0) is 28.7. The van der Waals surface area contributed by atoms with Gasteiger partial charge in [0, 0.05) is 38.5 Å². The van der Waals surface area contributed by atoms with Crippen molar-refractivity contribution in [1.82, 2.24) is 0 Å². The molecule has 4 fully saturated rings. The number of esters is 4. The Balaban J connectivity index is 1.70. The molecule has 0 aromatic heterocycles. The van der Waals surface area contributed by atoms with Gasteiger partial charge in [0.2, 0.25) is 0 Å². The highest BCUT2D eigenvalue weighted by atomic mass is 16.6. The Morgan fingerprint density at radius 2 is 1.51 bits per heavy atom. The molecule has 4 saturated carbocycles. The van der Waals surface area contributed by atoms with Gasteiger partial charge in [-0.15, -0.1) is 0 Å². The van der Waals surface area contributed by atoms with Gasteiger partial charge < -0.3 is 18.9 Å². The van der Waals surface area contributed by atoms with E-state index in [0.717, 1.165) is 51.4 Å². The van der Waals surface area contributed by atoms with Gasteiger partial charge in [-0.05, 0) is 86.4 Å². The average Bonchev–Trinajstić information content (AvgIpc) is 3.20. The normalized spacial score (nSPS) is 41.7. The van der Waals surface area contributed by atoms with Crippen molar-refractivity contribution in [2.45, 2.75) is 118 Å². The molecule has 11 atom stereocenters. The molecule has 0 aromatic rings. The molecule has 8 heteroatoms. The summed E-state index contributed by atoms with van der Waals surface area (Å²) in [5.74, 6) is 0.438. The lowest BCUT2D eigenvalue weighted by molar-refractivity contribution is -0.224. The first kappa shape index (κ1) is 29.9. The Kier molecular flexibility index (Phi) is 8.73. The maximum absolute atomic E-state index is 12.5. The summed E-state index contributed by atoms with van der Waals surface area (Å²) in [7, 11) is 1.42. The third kappa shape index (κ3) is 5.58. The molecular weight excluding hydrogens is 500 g/mol. The van der Waals surface area contributed by atoms with E-state index in [2.05, 4.69) is 20.8 Å². The summed E-state index contributed by atoms with van der Waals surface area (Å²) < 4.78 is 22.8. The largest absolute Gasteiger partial charge is 0.469 e. The average molecular weight is 549 g/mol. The molecule has 0 N–H and O–H groups in total. The standard InChI is InChI=1S/C31H48O8/c1-17(8-11-28(35)36-7)23-9-10-24-29-25(16-27(31(23,24)6)39-20(4)34)30(5)13-12-22(37-18(2)32)14-21(30)15-26(29)38-19(3)33/h17,21-27,29H,8-16H2,1-7H3/t17-,21-,22+,23+,24-,25-,26-,27-,29-,30+,31+/m1/s1. The van der Waals surface area contributed by atoms with E-state index in [0.29, 0.717) is 6.42 Å². The first-order valence-electron chi connectivity index (χ1n) is 14.9. The smallest absolute Gasteiger partial charge is 0.305 e. The Morgan fingerprint density at radius 3 is 2.13 bits per heavy atom. The summed E-state index contributed by atoms with van der Waals surface area (Å²) >= 11 is 0. The fourth-order valence-electron chi connectivity index (χ4n) is 9.77. The van der Waals surface area contributed by atoms with Crippen LogP contribution in [-0.4, -0.2) is 49.3 Å². The van der Waals surface area contributed by atoms with E-state index in [9.17, 15) is 19.2 Å². The summed E-state index contributed by atoms with van der Waals surface area (Å²) in [6, 6.07) is 0. The Labute approximate surface area is 233 Å². The minimum Gasteiger partial charge on any atom is -0.469 e. The second-order valence-corrected chi connectivity index (χ2v) is 13.4. The molecule has 8 nitrogen and oxygen atoms in total. The van der Waals surface area contributed by atoms with Crippen LogP contribution < -0.4 is 0 Å². The van der Waals surface area contributed by atoms with Gasteiger partial charge in [0.05, 0.1) is 7.11 Å². The van der Waals surface area contributed by atoms with Gasteiger partial charge in [0.25, 0.3) is 0 Å². The first-order chi connectivity index (χ1) is 18.3. The second kappa shape index (κ2) is 11.4. The molecule has 0 heterocycles. The highest BCUT2D eigenvalue weighted by Gasteiger charge is 2.67. The number of fused-ring (bicyclic) bond motifs is 5. The van der Waals surface area contributed by atoms with Crippen LogP contribution in [0.3, 0.4) is 0 Å². The summed E-state index contributed by atoms with van der Waals surface area (Å²) in [6.07, 6.45) is 6.53. The number of ether oxygens (including phenoxy) is 4. The highest BCUT2D eigenvalue weighted by molar-refractivity contribution is 5.69. The van der Waals surface area contributed by atoms with E-state index in [1.165, 1.54) is 27.9 Å². The van der Waals surface area contributed by atoms with Crippen molar-refractivity contribution in [1.29, 1.82) is 0 Å². The second-order valence-electron chi connectivity index (χ2n) is 13.4. The van der Waals surface area contributed by atoms with Gasteiger partial charge in [-0.25, -0.2) is 0 Å². The zero-order valence-electron chi connectivity index (χ0n) is 24.8. The molecule has 39 heavy (non-hydrogen) atoms. The summed E-state index contributed by atoms with van der Waals surface area (Å²) in [5, 5.41) is 0. The van der Waals surface area contributed by atoms with Gasteiger partial charge in [0.15, 0.2) is 0 Å². The van der Waals surface area contributed by atoms with E-state index in [4.69, 9.17) is 18.9 Å². The molecule has 4 aliphatic rings. The molecule has 220 valence electrons. The molecule has 0 saturated heterocycles. The van der Waals surface area contributed by atoms with Crippen molar-refractivity contribution in [2.24, 2.45) is 46.3 Å². The molecule has 4 aliphatic carbocycles. The molecule has 0 radical (unpaired) electrons. The number of hydrogen-bond donors (Lipinski definition) is 0. The number of rotatable bonds is 7. The first-order valence-corrected chi connectivity index (χ1v) is 14.9. The summed E-state index contributed by atoms with van der Waals surface area (Å²) in [6.45, 7) is 11.3. The SMILES string of the molecule is COC(=O)CC[C@@H](C)[C@@H]1CC[C@@H]2[C@@H]3[C@@H](C[C@@H](OC(C)=O)[C@]21C)[C@@]1(C)CC[C@H](OC(C)=O)C[C@@H]1C[C@H]3OC(C)=O. The predicted octanol–water partition coefficient (Wildman–Crippen LogP) is 5.25. The number of hydrogen-bond acceptors (Lipinski definition) is 8. The minimum atomic E-state index is -0.279. The van der Waals surface area contributed by atoms with Crippen LogP contribution >= 0.6 is 0 Å². The van der Waals surface area contributed by atoms with Gasteiger partial charge in [-0.2, -0.15) is 0 Å². The Morgan fingerprint density at radius 1 is 0.846 bits per heavy atom. The fourth-order valence-corrected chi connectivity index (χ4v) is 9.77. The summed E-state index contributed by atoms with van der Waals surface area (Å²) in [4.78, 5) is 48.5. The lowest BCUT2D eigenvalue weighted by atomic mass is 9.43. The molecule has 0 unspecified atom stereocenters. The van der Waals surface area contributed by atoms with E-state index >= 15 is 0 Å². The molecular formula is C31H48O8. The molecule has 0 amide bonds. The van der Waals surface area contributed by atoms with Crippen LogP contribution in [0.2, 0.25) is 0 Å². The van der Waals surface area contributed by atoms with E-state index in [-0.39, 0.29) is 88.5 Å². The fraction of sp³-hybridized carbons (Fsp3) is 0.871. The van der Waals surface area contributed by atoms with Gasteiger partial charge in [-0.3, -0.25) is 19.2 Å². The molecule has 0 aliphatic heterocycles. The lowest BCUT2D eigenvalue weighted by Crippen LogP contribution is -2.63. The highest BCUT2D eigenvalue weighted by Crippen LogP contribution is 2.69. The quantitative estimate of drug-likeness (QED) is 0.314. The maximum Gasteiger partial charge on any atom is 0.305 e. The van der Waals surface area contributed by atoms with Crippen LogP contribution in [0.4, 0.5) is 0 Å². The van der Waals surface area contributed by atoms with Crippen molar-refractivity contribution in [2.75, 3.05) is 7.11 Å². The van der Waals surface area contributed by atoms with Gasteiger partial charge in [0.1, 0.15) is 18.3 Å². The third-order valence-corrected chi connectivity index (χ3v) is 11.4. The molecule has 0 aromatic carbocycles. The van der Waals surface area contributed by atoms with E-state index in [1.807, 2.05) is 0 Å². The van der Waals surface area contributed by atoms with Crippen LogP contribution in [0.5, 0.6) is 0 Å². The number of carbonyl (C=O) groups is 4. The predicted molar refractivity (Wildman–Crippen MR) is 143 cm³/mol. The van der Waals surface area contributed by atoms with Crippen LogP contribution in [0.25, 0.3) is 0 Å². The van der Waals surface area contributed by atoms with Gasteiger partial charge >= 0.3 is 23.9 Å². The van der Waals surface area contributed by atoms with Crippen molar-refractivity contribution < 1.29 is 38.1 Å². The molecule has 0 spiro atoms. The maximum atomic E-state index is 12.5. The van der Waals surface area contributed by atoms with E-state index in [1.54, 1.807) is 0 Å². The van der Waals surface area contributed by atoms with Crippen LogP contribution in [-0.2, 0) is 38.1 Å². The van der Waals surface area contributed by atoms with Crippen LogP contribution in [0.15, 0.2) is 0 Å². The van der Waals surface area contributed by atoms with Crippen molar-refractivity contribution in [3.63, 3.8) is 0 Å².